The molecule has 7 nitrogen and oxygen atoms in total. The largest absolute Gasteiger partial charge is 0.493 e. The van der Waals surface area contributed by atoms with E-state index in [0.29, 0.717) is 12.4 Å². The number of aromatic amines is 1. The lowest BCUT2D eigenvalue weighted by Crippen LogP contribution is -2.17. The second kappa shape index (κ2) is 7.11. The number of nitrogens with one attached hydrogen (secondary N) is 2. The van der Waals surface area contributed by atoms with Gasteiger partial charge >= 0.3 is 0 Å². The SMILES string of the molecule is Cc1ccc2nc(Nc3nc(O)c(Cc4ccccc4)c(=O)[nH]3)nc(C)c2c1. The Hall–Kier alpha value is -3.74. The summed E-state index contributed by atoms with van der Waals surface area (Å²) in [6.45, 7) is 3.91. The molecule has 0 bridgehead atoms. The van der Waals surface area contributed by atoms with Crippen LogP contribution in [0.2, 0.25) is 0 Å². The van der Waals surface area contributed by atoms with Crippen molar-refractivity contribution < 1.29 is 5.11 Å². The number of anilines is 2. The lowest BCUT2D eigenvalue weighted by atomic mass is 10.1. The van der Waals surface area contributed by atoms with Gasteiger partial charge in [-0.15, -0.1) is 0 Å². The Bertz CT molecular complexity index is 1220. The van der Waals surface area contributed by atoms with Crippen molar-refractivity contribution in [3.63, 3.8) is 0 Å². The molecule has 0 radical (unpaired) electrons. The fraction of sp³-hybridized carbons (Fsp3) is 0.143. The van der Waals surface area contributed by atoms with Crippen molar-refractivity contribution >= 4 is 22.8 Å². The standard InChI is InChI=1S/C21H19N5O2/c1-12-8-9-17-15(10-12)13(2)22-20(23-17)26-21-24-18(27)16(19(28)25-21)11-14-6-4-3-5-7-14/h3-10H,11H2,1-2H3,(H3,22,23,24,25,26,27,28). The van der Waals surface area contributed by atoms with Crippen molar-refractivity contribution in [1.29, 1.82) is 0 Å². The molecule has 140 valence electrons. The molecule has 28 heavy (non-hydrogen) atoms. The summed E-state index contributed by atoms with van der Waals surface area (Å²) in [5.41, 5.74) is 3.44. The Morgan fingerprint density at radius 3 is 2.57 bits per heavy atom. The first-order valence-corrected chi connectivity index (χ1v) is 8.88. The summed E-state index contributed by atoms with van der Waals surface area (Å²) < 4.78 is 0. The summed E-state index contributed by atoms with van der Waals surface area (Å²) in [4.78, 5) is 28.0. The normalized spacial score (nSPS) is 10.9. The zero-order valence-corrected chi connectivity index (χ0v) is 15.5. The quantitative estimate of drug-likeness (QED) is 0.507. The van der Waals surface area contributed by atoms with Gasteiger partial charge in [0.2, 0.25) is 17.8 Å². The molecule has 0 unspecified atom stereocenters. The summed E-state index contributed by atoms with van der Waals surface area (Å²) >= 11 is 0. The monoisotopic (exact) mass is 373 g/mol. The number of H-pyrrole nitrogens is 1. The van der Waals surface area contributed by atoms with Gasteiger partial charge in [-0.05, 0) is 31.5 Å². The lowest BCUT2D eigenvalue weighted by Gasteiger charge is -2.09. The van der Waals surface area contributed by atoms with Gasteiger partial charge in [-0.2, -0.15) is 4.98 Å². The molecule has 0 fully saturated rings. The molecule has 4 aromatic rings. The second-order valence-electron chi connectivity index (χ2n) is 6.66. The number of hydrogen-bond acceptors (Lipinski definition) is 6. The van der Waals surface area contributed by atoms with E-state index in [-0.39, 0.29) is 17.4 Å². The third-order valence-electron chi connectivity index (χ3n) is 4.49. The van der Waals surface area contributed by atoms with Crippen molar-refractivity contribution in [3.05, 3.63) is 81.3 Å². The third kappa shape index (κ3) is 3.55. The molecule has 0 aliphatic carbocycles. The molecular weight excluding hydrogens is 354 g/mol. The maximum Gasteiger partial charge on any atom is 0.259 e. The van der Waals surface area contributed by atoms with Crippen molar-refractivity contribution in [3.8, 4) is 5.88 Å². The van der Waals surface area contributed by atoms with E-state index in [0.717, 1.165) is 27.7 Å². The van der Waals surface area contributed by atoms with Crippen LogP contribution in [0.15, 0.2) is 53.3 Å². The number of benzene rings is 2. The molecule has 0 saturated carbocycles. The minimum absolute atomic E-state index is 0.0881. The highest BCUT2D eigenvalue weighted by Crippen LogP contribution is 2.21. The van der Waals surface area contributed by atoms with Gasteiger partial charge < -0.3 is 5.11 Å². The van der Waals surface area contributed by atoms with Gasteiger partial charge in [-0.1, -0.05) is 42.0 Å². The number of hydrogen-bond donors (Lipinski definition) is 3. The Labute approximate surface area is 161 Å². The highest BCUT2D eigenvalue weighted by atomic mass is 16.3. The predicted molar refractivity (Wildman–Crippen MR) is 108 cm³/mol. The predicted octanol–water partition coefficient (Wildman–Crippen LogP) is 3.37. The van der Waals surface area contributed by atoms with Crippen LogP contribution in [0.25, 0.3) is 10.9 Å². The Balaban J connectivity index is 1.65. The van der Waals surface area contributed by atoms with Gasteiger partial charge in [-0.3, -0.25) is 15.1 Å². The van der Waals surface area contributed by atoms with E-state index in [1.54, 1.807) is 0 Å². The second-order valence-corrected chi connectivity index (χ2v) is 6.66. The molecular formula is C21H19N5O2. The number of nitrogens with zero attached hydrogens (tertiary/aromatic N) is 3. The molecule has 0 aliphatic rings. The lowest BCUT2D eigenvalue weighted by molar-refractivity contribution is 0.445. The van der Waals surface area contributed by atoms with E-state index in [4.69, 9.17) is 0 Å². The zero-order chi connectivity index (χ0) is 19.7. The van der Waals surface area contributed by atoms with E-state index >= 15 is 0 Å². The molecule has 0 saturated heterocycles. The summed E-state index contributed by atoms with van der Waals surface area (Å²) in [5, 5.41) is 14.1. The highest BCUT2D eigenvalue weighted by molar-refractivity contribution is 5.82. The number of aromatic nitrogens is 4. The fourth-order valence-corrected chi connectivity index (χ4v) is 3.06. The van der Waals surface area contributed by atoms with Crippen molar-refractivity contribution in [2.75, 3.05) is 5.32 Å². The summed E-state index contributed by atoms with van der Waals surface area (Å²) in [5.74, 6) is 0.0700. The Morgan fingerprint density at radius 2 is 1.82 bits per heavy atom. The van der Waals surface area contributed by atoms with E-state index < -0.39 is 5.56 Å². The van der Waals surface area contributed by atoms with Crippen LogP contribution in [0.3, 0.4) is 0 Å². The van der Waals surface area contributed by atoms with Crippen LogP contribution in [0, 0.1) is 13.8 Å². The van der Waals surface area contributed by atoms with Crippen LogP contribution < -0.4 is 10.9 Å². The third-order valence-corrected chi connectivity index (χ3v) is 4.49. The molecule has 0 amide bonds. The van der Waals surface area contributed by atoms with E-state index in [1.165, 1.54) is 0 Å². The van der Waals surface area contributed by atoms with Crippen molar-refractivity contribution in [2.45, 2.75) is 20.3 Å². The summed E-state index contributed by atoms with van der Waals surface area (Å²) in [6, 6.07) is 15.3. The molecule has 7 heteroatoms. The first-order chi connectivity index (χ1) is 13.5. The fourth-order valence-electron chi connectivity index (χ4n) is 3.06. The topological polar surface area (TPSA) is 104 Å². The molecule has 2 aromatic heterocycles. The molecule has 0 spiro atoms. The Morgan fingerprint density at radius 1 is 1.04 bits per heavy atom. The van der Waals surface area contributed by atoms with Crippen LogP contribution in [0.1, 0.15) is 22.4 Å². The molecule has 2 heterocycles. The van der Waals surface area contributed by atoms with Crippen LogP contribution in [-0.2, 0) is 6.42 Å². The van der Waals surface area contributed by atoms with Crippen LogP contribution in [0.5, 0.6) is 5.88 Å². The first-order valence-electron chi connectivity index (χ1n) is 8.88. The van der Waals surface area contributed by atoms with Gasteiger partial charge in [0.15, 0.2) is 0 Å². The zero-order valence-electron chi connectivity index (χ0n) is 15.5. The van der Waals surface area contributed by atoms with Gasteiger partial charge in [-0.25, -0.2) is 9.97 Å². The van der Waals surface area contributed by atoms with Crippen LogP contribution in [0.4, 0.5) is 11.9 Å². The van der Waals surface area contributed by atoms with Crippen molar-refractivity contribution in [1.82, 2.24) is 19.9 Å². The van der Waals surface area contributed by atoms with E-state index in [2.05, 4.69) is 25.3 Å². The number of aromatic hydroxyl groups is 1. The molecule has 2 aromatic carbocycles. The van der Waals surface area contributed by atoms with Crippen LogP contribution >= 0.6 is 0 Å². The minimum atomic E-state index is -0.410. The first kappa shape index (κ1) is 17.7. The maximum atomic E-state index is 12.4. The number of fused-ring (bicyclic) bond motifs is 1. The molecule has 0 atom stereocenters. The maximum absolute atomic E-state index is 12.4. The molecule has 0 aliphatic heterocycles. The average molecular weight is 373 g/mol. The molecule has 3 N–H and O–H groups in total. The van der Waals surface area contributed by atoms with Gasteiger partial charge in [0.05, 0.1) is 16.8 Å². The number of rotatable bonds is 4. The smallest absolute Gasteiger partial charge is 0.259 e. The minimum Gasteiger partial charge on any atom is -0.493 e. The van der Waals surface area contributed by atoms with Gasteiger partial charge in [0.25, 0.3) is 5.56 Å². The van der Waals surface area contributed by atoms with E-state index in [9.17, 15) is 9.90 Å². The summed E-state index contributed by atoms with van der Waals surface area (Å²) in [6.07, 6.45) is 0.292. The Kier molecular flexibility index (Phi) is 4.49. The van der Waals surface area contributed by atoms with Gasteiger partial charge in [0.1, 0.15) is 0 Å². The van der Waals surface area contributed by atoms with Gasteiger partial charge in [0, 0.05) is 11.8 Å². The van der Waals surface area contributed by atoms with Crippen LogP contribution in [-0.4, -0.2) is 25.0 Å². The van der Waals surface area contributed by atoms with Crippen molar-refractivity contribution in [2.24, 2.45) is 0 Å². The molecule has 4 rings (SSSR count). The summed E-state index contributed by atoms with van der Waals surface area (Å²) in [7, 11) is 0. The highest BCUT2D eigenvalue weighted by Gasteiger charge is 2.13. The number of aryl methyl sites for hydroxylation is 2. The average Bonchev–Trinajstić information content (AvgIpc) is 2.66. The van der Waals surface area contributed by atoms with E-state index in [1.807, 2.05) is 62.4 Å².